The van der Waals surface area contributed by atoms with Gasteiger partial charge in [0.15, 0.2) is 0 Å². The van der Waals surface area contributed by atoms with Crippen molar-refractivity contribution in [2.45, 2.75) is 58.8 Å². The van der Waals surface area contributed by atoms with Gasteiger partial charge in [-0.15, -0.1) is 0 Å². The molecule has 0 radical (unpaired) electrons. The Morgan fingerprint density at radius 1 is 1.13 bits per heavy atom. The van der Waals surface area contributed by atoms with E-state index < -0.39 is 0 Å². The second-order valence-electron chi connectivity index (χ2n) is 4.15. The van der Waals surface area contributed by atoms with Crippen LogP contribution in [0.1, 0.15) is 58.8 Å². The molecule has 1 heterocycles. The maximum Gasteiger partial charge on any atom is 0.144 e. The fourth-order valence-corrected chi connectivity index (χ4v) is 1.65. The van der Waals surface area contributed by atoms with Crippen LogP contribution in [0.25, 0.3) is 0 Å². The summed E-state index contributed by atoms with van der Waals surface area (Å²) in [7, 11) is 0. The van der Waals surface area contributed by atoms with Crippen LogP contribution < -0.4 is 5.59 Å². The summed E-state index contributed by atoms with van der Waals surface area (Å²) in [6.07, 6.45) is 10.7. The molecule has 0 saturated heterocycles. The van der Waals surface area contributed by atoms with Crippen LogP contribution in [0, 0.1) is 0 Å². The molecule has 0 amide bonds. The van der Waals surface area contributed by atoms with Crippen molar-refractivity contribution in [3.8, 4) is 0 Å². The zero-order valence-corrected chi connectivity index (χ0v) is 10.1. The summed E-state index contributed by atoms with van der Waals surface area (Å²) >= 11 is 0. The summed E-state index contributed by atoms with van der Waals surface area (Å²) < 4.78 is 0. The zero-order valence-electron chi connectivity index (χ0n) is 10.1. The molecular formula is C12H24N2O. The molecule has 0 aliphatic carbocycles. The van der Waals surface area contributed by atoms with Gasteiger partial charge in [0.05, 0.1) is 6.20 Å². The first-order chi connectivity index (χ1) is 7.36. The van der Waals surface area contributed by atoms with Gasteiger partial charge in [0.25, 0.3) is 0 Å². The van der Waals surface area contributed by atoms with E-state index in [2.05, 4.69) is 30.6 Å². The zero-order chi connectivity index (χ0) is 10.9. The number of hydrazine groups is 1. The topological polar surface area (TPSA) is 24.5 Å². The van der Waals surface area contributed by atoms with Crippen molar-refractivity contribution < 1.29 is 4.84 Å². The van der Waals surface area contributed by atoms with Crippen LogP contribution in [0.3, 0.4) is 0 Å². The van der Waals surface area contributed by atoms with E-state index >= 15 is 0 Å². The Labute approximate surface area is 93.4 Å². The maximum absolute atomic E-state index is 5.38. The highest BCUT2D eigenvalue weighted by molar-refractivity contribution is 4.94. The van der Waals surface area contributed by atoms with E-state index in [4.69, 9.17) is 4.84 Å². The van der Waals surface area contributed by atoms with Crippen LogP contribution in [0.4, 0.5) is 0 Å². The van der Waals surface area contributed by atoms with Crippen LogP contribution >= 0.6 is 0 Å². The third-order valence-electron chi connectivity index (χ3n) is 2.62. The molecule has 3 heteroatoms. The van der Waals surface area contributed by atoms with E-state index in [0.717, 1.165) is 18.7 Å². The summed E-state index contributed by atoms with van der Waals surface area (Å²) in [5, 5.41) is 2.05. The van der Waals surface area contributed by atoms with Crippen molar-refractivity contribution in [3.63, 3.8) is 0 Å². The first-order valence-electron chi connectivity index (χ1n) is 6.26. The Bertz CT molecular complexity index is 192. The van der Waals surface area contributed by atoms with Gasteiger partial charge in [0.1, 0.15) is 5.76 Å². The van der Waals surface area contributed by atoms with Gasteiger partial charge < -0.3 is 4.84 Å². The number of allylic oxidation sites excluding steroid dienone is 1. The first-order valence-corrected chi connectivity index (χ1v) is 6.26. The number of hydrogen-bond donors (Lipinski definition) is 1. The van der Waals surface area contributed by atoms with Crippen molar-refractivity contribution in [1.29, 1.82) is 0 Å². The average molecular weight is 212 g/mol. The van der Waals surface area contributed by atoms with Crippen molar-refractivity contribution in [1.82, 2.24) is 10.6 Å². The third kappa shape index (κ3) is 5.07. The van der Waals surface area contributed by atoms with Gasteiger partial charge in [-0.2, -0.15) is 0 Å². The minimum absolute atomic E-state index is 1.05. The van der Waals surface area contributed by atoms with Gasteiger partial charge in [-0.05, 0) is 12.8 Å². The molecule has 0 aromatic heterocycles. The van der Waals surface area contributed by atoms with Crippen molar-refractivity contribution in [3.05, 3.63) is 12.0 Å². The van der Waals surface area contributed by atoms with Crippen molar-refractivity contribution in [2.75, 3.05) is 6.54 Å². The molecule has 1 N–H and O–H groups in total. The SMILES string of the molecule is CCCCCC1=CN(CCCCC)NO1. The molecule has 0 spiro atoms. The number of hydrogen-bond acceptors (Lipinski definition) is 3. The maximum atomic E-state index is 5.38. The quantitative estimate of drug-likeness (QED) is 0.624. The summed E-state index contributed by atoms with van der Waals surface area (Å²) in [5.74, 6) is 1.08. The third-order valence-corrected chi connectivity index (χ3v) is 2.62. The summed E-state index contributed by atoms with van der Waals surface area (Å²) in [4.78, 5) is 5.38. The Kier molecular flexibility index (Phi) is 6.25. The average Bonchev–Trinajstić information content (AvgIpc) is 2.67. The predicted molar refractivity (Wildman–Crippen MR) is 62.7 cm³/mol. The van der Waals surface area contributed by atoms with Crippen LogP contribution in [0.15, 0.2) is 12.0 Å². The highest BCUT2D eigenvalue weighted by Crippen LogP contribution is 2.14. The molecule has 3 nitrogen and oxygen atoms in total. The largest absolute Gasteiger partial charge is 0.392 e. The molecule has 88 valence electrons. The predicted octanol–water partition coefficient (Wildman–Crippen LogP) is 3.35. The number of rotatable bonds is 8. The molecule has 0 fully saturated rings. The Balaban J connectivity index is 2.10. The molecule has 0 atom stereocenters. The van der Waals surface area contributed by atoms with Gasteiger partial charge in [0, 0.05) is 13.0 Å². The second-order valence-corrected chi connectivity index (χ2v) is 4.15. The minimum Gasteiger partial charge on any atom is -0.392 e. The van der Waals surface area contributed by atoms with Gasteiger partial charge in [-0.25, -0.2) is 0 Å². The molecule has 15 heavy (non-hydrogen) atoms. The fourth-order valence-electron chi connectivity index (χ4n) is 1.65. The van der Waals surface area contributed by atoms with Gasteiger partial charge in [-0.3, -0.25) is 5.01 Å². The van der Waals surface area contributed by atoms with E-state index in [-0.39, 0.29) is 0 Å². The highest BCUT2D eigenvalue weighted by Gasteiger charge is 2.11. The lowest BCUT2D eigenvalue weighted by Crippen LogP contribution is -2.28. The molecule has 0 unspecified atom stereocenters. The van der Waals surface area contributed by atoms with Gasteiger partial charge >= 0.3 is 0 Å². The van der Waals surface area contributed by atoms with E-state index in [1.807, 2.05) is 0 Å². The minimum atomic E-state index is 1.05. The Morgan fingerprint density at radius 3 is 2.60 bits per heavy atom. The van der Waals surface area contributed by atoms with Gasteiger partial charge in [-0.1, -0.05) is 45.1 Å². The number of unbranched alkanes of at least 4 members (excludes halogenated alkanes) is 4. The molecule has 1 aliphatic rings. The Hall–Kier alpha value is -0.700. The lowest BCUT2D eigenvalue weighted by atomic mass is 10.2. The molecule has 1 rings (SSSR count). The number of nitrogens with zero attached hydrogens (tertiary/aromatic N) is 1. The lowest BCUT2D eigenvalue weighted by Gasteiger charge is -2.12. The smallest absolute Gasteiger partial charge is 0.144 e. The van der Waals surface area contributed by atoms with E-state index in [0.29, 0.717) is 0 Å². The Morgan fingerprint density at radius 2 is 1.87 bits per heavy atom. The van der Waals surface area contributed by atoms with Crippen LogP contribution in [-0.2, 0) is 4.84 Å². The van der Waals surface area contributed by atoms with Crippen LogP contribution in [0.5, 0.6) is 0 Å². The molecule has 0 aromatic carbocycles. The first kappa shape index (κ1) is 12.4. The van der Waals surface area contributed by atoms with Crippen molar-refractivity contribution >= 4 is 0 Å². The molecule has 0 aromatic rings. The molecule has 0 saturated carbocycles. The summed E-state index contributed by atoms with van der Waals surface area (Å²) in [5.41, 5.74) is 2.93. The van der Waals surface area contributed by atoms with E-state index in [1.165, 1.54) is 38.5 Å². The standard InChI is InChI=1S/C12H24N2O/c1-3-5-7-9-12-11-14(13-15-12)10-8-6-4-2/h11,13H,3-10H2,1-2H3. The monoisotopic (exact) mass is 212 g/mol. The van der Waals surface area contributed by atoms with Gasteiger partial charge in [0.2, 0.25) is 0 Å². The number of nitrogens with one attached hydrogen (secondary N) is 1. The van der Waals surface area contributed by atoms with E-state index in [9.17, 15) is 0 Å². The molecule has 1 aliphatic heterocycles. The lowest BCUT2D eigenvalue weighted by molar-refractivity contribution is 0.0178. The van der Waals surface area contributed by atoms with Crippen molar-refractivity contribution in [2.24, 2.45) is 0 Å². The summed E-state index contributed by atoms with van der Waals surface area (Å²) in [6, 6.07) is 0. The normalized spacial score (nSPS) is 15.3. The van der Waals surface area contributed by atoms with Crippen LogP contribution in [-0.4, -0.2) is 11.6 Å². The second kappa shape index (κ2) is 7.57. The highest BCUT2D eigenvalue weighted by atomic mass is 16.7. The summed E-state index contributed by atoms with van der Waals surface area (Å²) in [6.45, 7) is 5.49. The molecule has 0 bridgehead atoms. The van der Waals surface area contributed by atoms with E-state index in [1.54, 1.807) is 0 Å². The molecular weight excluding hydrogens is 188 g/mol. The van der Waals surface area contributed by atoms with Crippen LogP contribution in [0.2, 0.25) is 0 Å². The fraction of sp³-hybridized carbons (Fsp3) is 0.833.